The Labute approximate surface area is 176 Å². The number of imide groups is 1. The van der Waals surface area contributed by atoms with Gasteiger partial charge in [-0.3, -0.25) is 14.5 Å². The van der Waals surface area contributed by atoms with Crippen molar-refractivity contribution in [2.24, 2.45) is 17.8 Å². The highest BCUT2D eigenvalue weighted by Gasteiger charge is 2.56. The molecule has 3 aliphatic rings. The Morgan fingerprint density at radius 1 is 1.24 bits per heavy atom. The molecule has 1 aromatic heterocycles. The highest BCUT2D eigenvalue weighted by atomic mass is 32.1. The fourth-order valence-corrected chi connectivity index (χ4v) is 5.77. The summed E-state index contributed by atoms with van der Waals surface area (Å²) in [5.41, 5.74) is -0.839. The molecular weight excluding hydrogens is 386 g/mol. The molecule has 0 radical (unpaired) electrons. The van der Waals surface area contributed by atoms with Crippen LogP contribution in [0.15, 0.2) is 17.5 Å². The number of nitrogens with zero attached hydrogens (tertiary/aromatic N) is 2. The zero-order valence-electron chi connectivity index (χ0n) is 17.4. The summed E-state index contributed by atoms with van der Waals surface area (Å²) in [7, 11) is 0. The quantitative estimate of drug-likeness (QED) is 0.719. The lowest BCUT2D eigenvalue weighted by molar-refractivity contribution is -0.141. The topological polar surface area (TPSA) is 69.7 Å². The Balaban J connectivity index is 1.49. The largest absolute Gasteiger partial charge is 0.342 e. The predicted molar refractivity (Wildman–Crippen MR) is 112 cm³/mol. The lowest BCUT2D eigenvalue weighted by Crippen LogP contribution is -2.57. The minimum absolute atomic E-state index is 0.0696. The summed E-state index contributed by atoms with van der Waals surface area (Å²) < 4.78 is 0. The molecule has 7 heteroatoms. The minimum Gasteiger partial charge on any atom is -0.342 e. The van der Waals surface area contributed by atoms with Gasteiger partial charge in [-0.1, -0.05) is 26.3 Å². The third kappa shape index (κ3) is 3.81. The number of nitrogens with one attached hydrogen (secondary N) is 1. The first-order valence-corrected chi connectivity index (χ1v) is 11.7. The van der Waals surface area contributed by atoms with Gasteiger partial charge in [0.05, 0.1) is 6.54 Å². The number of rotatable bonds is 6. The van der Waals surface area contributed by atoms with E-state index >= 15 is 0 Å². The Bertz CT molecular complexity index is 766. The zero-order valence-corrected chi connectivity index (χ0v) is 18.2. The summed E-state index contributed by atoms with van der Waals surface area (Å²) in [6.07, 6.45) is 5.36. The van der Waals surface area contributed by atoms with Crippen LogP contribution in [0, 0.1) is 17.8 Å². The van der Waals surface area contributed by atoms with E-state index in [1.807, 2.05) is 22.4 Å². The van der Waals surface area contributed by atoms with E-state index in [4.69, 9.17) is 0 Å². The maximum Gasteiger partial charge on any atom is 0.325 e. The fourth-order valence-electron chi connectivity index (χ4n) is 5.08. The first-order chi connectivity index (χ1) is 13.9. The molecule has 4 rings (SSSR count). The second kappa shape index (κ2) is 8.09. The highest BCUT2D eigenvalue weighted by Crippen LogP contribution is 2.39. The minimum atomic E-state index is -0.839. The maximum absolute atomic E-state index is 13.5. The van der Waals surface area contributed by atoms with Crippen LogP contribution >= 0.6 is 11.3 Å². The van der Waals surface area contributed by atoms with Crippen molar-refractivity contribution in [3.63, 3.8) is 0 Å². The number of thiophene rings is 1. The Morgan fingerprint density at radius 3 is 2.52 bits per heavy atom. The van der Waals surface area contributed by atoms with E-state index in [-0.39, 0.29) is 35.6 Å². The average molecular weight is 418 g/mol. The van der Waals surface area contributed by atoms with Crippen LogP contribution in [0.1, 0.15) is 57.2 Å². The van der Waals surface area contributed by atoms with Gasteiger partial charge in [0.2, 0.25) is 5.91 Å². The van der Waals surface area contributed by atoms with Crippen LogP contribution in [-0.4, -0.2) is 46.3 Å². The first-order valence-electron chi connectivity index (χ1n) is 10.9. The van der Waals surface area contributed by atoms with Crippen molar-refractivity contribution in [3.8, 4) is 0 Å². The monoisotopic (exact) mass is 417 g/mol. The van der Waals surface area contributed by atoms with Crippen molar-refractivity contribution in [1.29, 1.82) is 0 Å². The summed E-state index contributed by atoms with van der Waals surface area (Å²) >= 11 is 1.56. The van der Waals surface area contributed by atoms with Crippen molar-refractivity contribution in [3.05, 3.63) is 22.4 Å². The van der Waals surface area contributed by atoms with Gasteiger partial charge in [0.25, 0.3) is 5.91 Å². The van der Waals surface area contributed by atoms with E-state index in [1.54, 1.807) is 11.3 Å². The molecular formula is C22H31N3O3S. The van der Waals surface area contributed by atoms with Gasteiger partial charge < -0.3 is 10.2 Å². The van der Waals surface area contributed by atoms with Crippen LogP contribution in [0.25, 0.3) is 0 Å². The van der Waals surface area contributed by atoms with E-state index in [0.29, 0.717) is 26.1 Å². The Morgan fingerprint density at radius 2 is 1.97 bits per heavy atom. The van der Waals surface area contributed by atoms with Crippen LogP contribution in [0.2, 0.25) is 0 Å². The molecule has 4 amide bonds. The molecule has 2 aliphatic heterocycles. The third-order valence-electron chi connectivity index (χ3n) is 6.78. The van der Waals surface area contributed by atoms with E-state index < -0.39 is 5.54 Å². The van der Waals surface area contributed by atoms with Gasteiger partial charge in [0, 0.05) is 23.9 Å². The highest BCUT2D eigenvalue weighted by molar-refractivity contribution is 7.09. The lowest BCUT2D eigenvalue weighted by atomic mass is 9.72. The summed E-state index contributed by atoms with van der Waals surface area (Å²) in [6, 6.07) is 3.62. The second-order valence-corrected chi connectivity index (χ2v) is 10.2. The summed E-state index contributed by atoms with van der Waals surface area (Å²) in [5, 5.41) is 5.07. The predicted octanol–water partition coefficient (Wildman–Crippen LogP) is 3.62. The van der Waals surface area contributed by atoms with Crippen LogP contribution < -0.4 is 5.32 Å². The van der Waals surface area contributed by atoms with Crippen molar-refractivity contribution in [2.75, 3.05) is 13.1 Å². The number of likely N-dealkylation sites (tertiary alicyclic amines) is 1. The van der Waals surface area contributed by atoms with Gasteiger partial charge in [-0.15, -0.1) is 11.3 Å². The molecule has 3 heterocycles. The second-order valence-electron chi connectivity index (χ2n) is 9.20. The van der Waals surface area contributed by atoms with Gasteiger partial charge in [-0.05, 0) is 55.4 Å². The van der Waals surface area contributed by atoms with Crippen molar-refractivity contribution in [1.82, 2.24) is 15.1 Å². The van der Waals surface area contributed by atoms with E-state index in [0.717, 1.165) is 37.0 Å². The molecule has 0 aromatic carbocycles. The molecule has 3 fully saturated rings. The maximum atomic E-state index is 13.5. The molecule has 0 spiro atoms. The van der Waals surface area contributed by atoms with Gasteiger partial charge >= 0.3 is 6.03 Å². The van der Waals surface area contributed by atoms with Crippen molar-refractivity contribution < 1.29 is 14.4 Å². The summed E-state index contributed by atoms with van der Waals surface area (Å²) in [4.78, 5) is 43.3. The van der Waals surface area contributed by atoms with E-state index in [1.165, 1.54) is 4.90 Å². The smallest absolute Gasteiger partial charge is 0.325 e. The van der Waals surface area contributed by atoms with Crippen LogP contribution in [0.3, 0.4) is 0 Å². The van der Waals surface area contributed by atoms with Crippen LogP contribution in [0.5, 0.6) is 0 Å². The standard InChI is InChI=1S/C22H31N3O3S/c1-15(2)13-22(17-8-10-24(11-9-17)19(26)16-5-3-6-16)20(27)25(21(28)23-22)14-18-7-4-12-29-18/h4,7,12,15-17H,3,5-6,8-11,13-14H2,1-2H3,(H,23,28)/t22-/m1/s1. The molecule has 158 valence electrons. The number of hydrogen-bond donors (Lipinski definition) is 1. The van der Waals surface area contributed by atoms with Crippen molar-refractivity contribution in [2.45, 2.75) is 64.5 Å². The van der Waals surface area contributed by atoms with Gasteiger partial charge in [-0.2, -0.15) is 0 Å². The zero-order chi connectivity index (χ0) is 20.6. The van der Waals surface area contributed by atoms with E-state index in [2.05, 4.69) is 19.2 Å². The molecule has 2 saturated heterocycles. The normalized spacial score (nSPS) is 26.2. The fraction of sp³-hybridized carbons (Fsp3) is 0.682. The average Bonchev–Trinajstić information content (AvgIpc) is 3.23. The number of carbonyl (C=O) groups is 3. The third-order valence-corrected chi connectivity index (χ3v) is 7.65. The molecule has 1 atom stereocenters. The summed E-state index contributed by atoms with van der Waals surface area (Å²) in [5.74, 6) is 0.767. The van der Waals surface area contributed by atoms with E-state index in [9.17, 15) is 14.4 Å². The number of urea groups is 1. The number of piperidine rings is 1. The van der Waals surface area contributed by atoms with Crippen LogP contribution in [-0.2, 0) is 16.1 Å². The Hall–Kier alpha value is -1.89. The van der Waals surface area contributed by atoms with Crippen molar-refractivity contribution >= 4 is 29.2 Å². The molecule has 0 bridgehead atoms. The summed E-state index contributed by atoms with van der Waals surface area (Å²) in [6.45, 7) is 5.90. The molecule has 1 saturated carbocycles. The lowest BCUT2D eigenvalue weighted by Gasteiger charge is -2.43. The first kappa shape index (κ1) is 20.4. The number of amides is 4. The SMILES string of the molecule is CC(C)C[C@]1(C2CCN(C(=O)C3CCC3)CC2)NC(=O)N(Cc2cccs2)C1=O. The Kier molecular flexibility index (Phi) is 5.69. The number of carbonyl (C=O) groups excluding carboxylic acids is 3. The van der Waals surface area contributed by atoms with Gasteiger partial charge in [0.1, 0.15) is 5.54 Å². The van der Waals surface area contributed by atoms with Gasteiger partial charge in [0.15, 0.2) is 0 Å². The number of hydrogen-bond acceptors (Lipinski definition) is 4. The van der Waals surface area contributed by atoms with Crippen LogP contribution in [0.4, 0.5) is 4.79 Å². The van der Waals surface area contributed by atoms with Gasteiger partial charge in [-0.25, -0.2) is 4.79 Å². The molecule has 6 nitrogen and oxygen atoms in total. The molecule has 1 N–H and O–H groups in total. The molecule has 29 heavy (non-hydrogen) atoms. The molecule has 1 aromatic rings. The molecule has 1 aliphatic carbocycles. The molecule has 0 unspecified atom stereocenters.